The summed E-state index contributed by atoms with van der Waals surface area (Å²) in [5.41, 5.74) is 0.410. The lowest BCUT2D eigenvalue weighted by Crippen LogP contribution is -2.26. The standard InChI is InChI=1S/C15H26N4O2/c1-4-5-6-8-17-15(20)13-11-14(19-12(2)18-13)16-9-7-10-21-3/h11H,4-10H2,1-3H3,(H,17,20)(H,16,18,19). The van der Waals surface area contributed by atoms with Gasteiger partial charge in [0, 0.05) is 32.9 Å². The first-order chi connectivity index (χ1) is 10.2. The molecule has 0 aliphatic rings. The minimum absolute atomic E-state index is 0.142. The van der Waals surface area contributed by atoms with Crippen LogP contribution in [-0.4, -0.2) is 42.7 Å². The molecular weight excluding hydrogens is 268 g/mol. The molecule has 21 heavy (non-hydrogen) atoms. The Hall–Kier alpha value is -1.69. The van der Waals surface area contributed by atoms with Gasteiger partial charge in [-0.15, -0.1) is 0 Å². The molecule has 0 radical (unpaired) electrons. The number of methoxy groups -OCH3 is 1. The second-order valence-electron chi connectivity index (χ2n) is 4.92. The van der Waals surface area contributed by atoms with Gasteiger partial charge in [0.25, 0.3) is 5.91 Å². The fourth-order valence-electron chi connectivity index (χ4n) is 1.88. The molecule has 0 bridgehead atoms. The summed E-state index contributed by atoms with van der Waals surface area (Å²) in [5, 5.41) is 6.07. The summed E-state index contributed by atoms with van der Waals surface area (Å²) in [6.07, 6.45) is 4.14. The molecule has 2 N–H and O–H groups in total. The van der Waals surface area contributed by atoms with Crippen LogP contribution in [0.2, 0.25) is 0 Å². The number of rotatable bonds is 10. The third kappa shape index (κ3) is 7.04. The van der Waals surface area contributed by atoms with Crippen molar-refractivity contribution in [3.8, 4) is 0 Å². The zero-order valence-corrected chi connectivity index (χ0v) is 13.2. The average molecular weight is 294 g/mol. The third-order valence-corrected chi connectivity index (χ3v) is 2.97. The second-order valence-corrected chi connectivity index (χ2v) is 4.92. The van der Waals surface area contributed by atoms with Crippen LogP contribution in [0.5, 0.6) is 0 Å². The minimum atomic E-state index is -0.142. The number of anilines is 1. The van der Waals surface area contributed by atoms with Crippen LogP contribution in [0.4, 0.5) is 5.82 Å². The van der Waals surface area contributed by atoms with Crippen molar-refractivity contribution in [1.82, 2.24) is 15.3 Å². The maximum Gasteiger partial charge on any atom is 0.270 e. The molecule has 0 aliphatic carbocycles. The smallest absolute Gasteiger partial charge is 0.270 e. The number of amides is 1. The van der Waals surface area contributed by atoms with Crippen LogP contribution in [-0.2, 0) is 4.74 Å². The summed E-state index contributed by atoms with van der Waals surface area (Å²) in [5.74, 6) is 1.12. The lowest BCUT2D eigenvalue weighted by molar-refractivity contribution is 0.0947. The highest BCUT2D eigenvalue weighted by atomic mass is 16.5. The van der Waals surface area contributed by atoms with Crippen molar-refractivity contribution in [2.45, 2.75) is 39.5 Å². The van der Waals surface area contributed by atoms with E-state index in [0.717, 1.165) is 32.2 Å². The van der Waals surface area contributed by atoms with Gasteiger partial charge in [0.2, 0.25) is 0 Å². The van der Waals surface area contributed by atoms with Crippen molar-refractivity contribution in [1.29, 1.82) is 0 Å². The first kappa shape index (κ1) is 17.4. The molecule has 6 nitrogen and oxygen atoms in total. The number of aryl methyl sites for hydroxylation is 1. The number of ether oxygens (including phenoxy) is 1. The van der Waals surface area contributed by atoms with Gasteiger partial charge in [-0.2, -0.15) is 0 Å². The Balaban J connectivity index is 2.53. The van der Waals surface area contributed by atoms with E-state index < -0.39 is 0 Å². The van der Waals surface area contributed by atoms with Gasteiger partial charge >= 0.3 is 0 Å². The van der Waals surface area contributed by atoms with E-state index in [1.807, 2.05) is 0 Å². The molecule has 1 aromatic heterocycles. The molecular formula is C15H26N4O2. The van der Waals surface area contributed by atoms with Crippen LogP contribution in [0.3, 0.4) is 0 Å². The van der Waals surface area contributed by atoms with E-state index in [-0.39, 0.29) is 5.91 Å². The van der Waals surface area contributed by atoms with Gasteiger partial charge in [0.15, 0.2) is 0 Å². The highest BCUT2D eigenvalue weighted by molar-refractivity contribution is 5.92. The number of carbonyl (C=O) groups is 1. The van der Waals surface area contributed by atoms with Crippen molar-refractivity contribution in [3.63, 3.8) is 0 Å². The number of hydrogen-bond acceptors (Lipinski definition) is 5. The highest BCUT2D eigenvalue weighted by Crippen LogP contribution is 2.07. The lowest BCUT2D eigenvalue weighted by Gasteiger charge is -2.09. The van der Waals surface area contributed by atoms with E-state index in [4.69, 9.17) is 4.74 Å². The molecule has 6 heteroatoms. The van der Waals surface area contributed by atoms with Crippen molar-refractivity contribution in [2.75, 3.05) is 32.1 Å². The molecule has 0 fully saturated rings. The molecule has 0 aliphatic heterocycles. The number of unbranched alkanes of at least 4 members (excludes halogenated alkanes) is 2. The zero-order valence-electron chi connectivity index (χ0n) is 13.2. The largest absolute Gasteiger partial charge is 0.385 e. The molecule has 0 spiro atoms. The molecule has 1 aromatic rings. The first-order valence-corrected chi connectivity index (χ1v) is 7.54. The fourth-order valence-corrected chi connectivity index (χ4v) is 1.88. The topological polar surface area (TPSA) is 76.1 Å². The number of carbonyl (C=O) groups excluding carboxylic acids is 1. The van der Waals surface area contributed by atoms with E-state index in [1.54, 1.807) is 20.1 Å². The number of nitrogens with zero attached hydrogens (tertiary/aromatic N) is 2. The van der Waals surface area contributed by atoms with Gasteiger partial charge in [-0.1, -0.05) is 19.8 Å². The quantitative estimate of drug-likeness (QED) is 0.647. The molecule has 0 aromatic carbocycles. The van der Waals surface area contributed by atoms with Crippen LogP contribution in [0.25, 0.3) is 0 Å². The van der Waals surface area contributed by atoms with Crippen molar-refractivity contribution in [3.05, 3.63) is 17.6 Å². The summed E-state index contributed by atoms with van der Waals surface area (Å²) < 4.78 is 4.99. The normalized spacial score (nSPS) is 10.4. The maximum atomic E-state index is 12.0. The molecule has 0 saturated heterocycles. The van der Waals surface area contributed by atoms with Crippen molar-refractivity contribution < 1.29 is 9.53 Å². The Bertz CT molecular complexity index is 438. The molecule has 0 unspecified atom stereocenters. The van der Waals surface area contributed by atoms with Gasteiger partial charge < -0.3 is 15.4 Å². The third-order valence-electron chi connectivity index (χ3n) is 2.97. The molecule has 118 valence electrons. The SMILES string of the molecule is CCCCCNC(=O)c1cc(NCCCOC)nc(C)n1. The number of hydrogen-bond donors (Lipinski definition) is 2. The molecule has 1 amide bonds. The van der Waals surface area contributed by atoms with Crippen LogP contribution in [0.15, 0.2) is 6.07 Å². The molecule has 1 heterocycles. The van der Waals surface area contributed by atoms with Crippen LogP contribution >= 0.6 is 0 Å². The van der Waals surface area contributed by atoms with Gasteiger partial charge in [-0.05, 0) is 19.8 Å². The van der Waals surface area contributed by atoms with Gasteiger partial charge in [-0.25, -0.2) is 9.97 Å². The second kappa shape index (κ2) is 10.1. The van der Waals surface area contributed by atoms with E-state index >= 15 is 0 Å². The fraction of sp³-hybridized carbons (Fsp3) is 0.667. The summed E-state index contributed by atoms with van der Waals surface area (Å²) in [6, 6.07) is 1.69. The Kier molecular flexibility index (Phi) is 8.35. The predicted molar refractivity (Wildman–Crippen MR) is 83.6 cm³/mol. The van der Waals surface area contributed by atoms with Gasteiger partial charge in [0.1, 0.15) is 17.3 Å². The summed E-state index contributed by atoms with van der Waals surface area (Å²) in [7, 11) is 1.68. The Morgan fingerprint density at radius 3 is 2.76 bits per heavy atom. The Labute approximate surface area is 126 Å². The van der Waals surface area contributed by atoms with E-state index in [9.17, 15) is 4.79 Å². The summed E-state index contributed by atoms with van der Waals surface area (Å²) in [6.45, 7) is 6.06. The lowest BCUT2D eigenvalue weighted by atomic mass is 10.2. The van der Waals surface area contributed by atoms with Gasteiger partial charge in [-0.3, -0.25) is 4.79 Å². The molecule has 0 saturated carbocycles. The Morgan fingerprint density at radius 2 is 2.05 bits per heavy atom. The zero-order chi connectivity index (χ0) is 15.5. The maximum absolute atomic E-state index is 12.0. The first-order valence-electron chi connectivity index (χ1n) is 7.54. The highest BCUT2D eigenvalue weighted by Gasteiger charge is 2.09. The minimum Gasteiger partial charge on any atom is -0.385 e. The van der Waals surface area contributed by atoms with Crippen LogP contribution in [0, 0.1) is 6.92 Å². The van der Waals surface area contributed by atoms with Crippen molar-refractivity contribution in [2.24, 2.45) is 0 Å². The van der Waals surface area contributed by atoms with Gasteiger partial charge in [0.05, 0.1) is 0 Å². The molecule has 1 rings (SSSR count). The number of nitrogens with one attached hydrogen (secondary N) is 2. The summed E-state index contributed by atoms with van der Waals surface area (Å²) >= 11 is 0. The molecule has 0 atom stereocenters. The van der Waals surface area contributed by atoms with Crippen LogP contribution < -0.4 is 10.6 Å². The number of aromatic nitrogens is 2. The van der Waals surface area contributed by atoms with E-state index in [0.29, 0.717) is 30.5 Å². The van der Waals surface area contributed by atoms with Crippen LogP contribution in [0.1, 0.15) is 48.9 Å². The average Bonchev–Trinajstić information content (AvgIpc) is 2.47. The van der Waals surface area contributed by atoms with Crippen molar-refractivity contribution >= 4 is 11.7 Å². The predicted octanol–water partition coefficient (Wildman–Crippen LogP) is 2.15. The Morgan fingerprint density at radius 1 is 1.24 bits per heavy atom. The monoisotopic (exact) mass is 294 g/mol. The van der Waals surface area contributed by atoms with E-state index in [2.05, 4.69) is 27.5 Å². The van der Waals surface area contributed by atoms with E-state index in [1.165, 1.54) is 0 Å². The summed E-state index contributed by atoms with van der Waals surface area (Å²) in [4.78, 5) is 20.5.